The molecule has 1 aliphatic heterocycles. The van der Waals surface area contributed by atoms with E-state index in [1.54, 1.807) is 31.2 Å². The zero-order chi connectivity index (χ0) is 15.7. The predicted octanol–water partition coefficient (Wildman–Crippen LogP) is 1.68. The van der Waals surface area contributed by atoms with E-state index in [1.165, 1.54) is 0 Å². The molecule has 0 radical (unpaired) electrons. The van der Waals surface area contributed by atoms with Gasteiger partial charge in [0.05, 0.1) is 11.7 Å². The van der Waals surface area contributed by atoms with Crippen LogP contribution in [-0.2, 0) is 4.74 Å². The Kier molecular flexibility index (Phi) is 3.89. The van der Waals surface area contributed by atoms with Gasteiger partial charge >= 0.3 is 0 Å². The lowest BCUT2D eigenvalue weighted by Gasteiger charge is -2.21. The van der Waals surface area contributed by atoms with E-state index < -0.39 is 0 Å². The Morgan fingerprint density at radius 3 is 2.82 bits per heavy atom. The highest BCUT2D eigenvalue weighted by molar-refractivity contribution is 5.94. The van der Waals surface area contributed by atoms with Crippen molar-refractivity contribution in [3.05, 3.63) is 41.3 Å². The topological polar surface area (TPSA) is 81.4 Å². The Morgan fingerprint density at radius 2 is 2.23 bits per heavy atom. The SMILES string of the molecule is CO[C@H]1C[C@H](c2nc(C)no2)N(C(=O)c2ccc(C)nc2)C1. The lowest BCUT2D eigenvalue weighted by molar-refractivity contribution is 0.0670. The van der Waals surface area contributed by atoms with E-state index in [4.69, 9.17) is 9.26 Å². The molecular weight excluding hydrogens is 284 g/mol. The fourth-order valence-electron chi connectivity index (χ4n) is 2.64. The van der Waals surface area contributed by atoms with Crippen LogP contribution in [0.4, 0.5) is 0 Å². The standard InChI is InChI=1S/C15H18N4O3/c1-9-4-5-11(7-16-9)15(20)19-8-12(21-3)6-13(19)14-17-10(2)18-22-14/h4-5,7,12-13H,6,8H2,1-3H3/t12-,13+/m0/s1. The molecule has 0 bridgehead atoms. The van der Waals surface area contributed by atoms with Gasteiger partial charge in [-0.3, -0.25) is 9.78 Å². The minimum Gasteiger partial charge on any atom is -0.380 e. The normalized spacial score (nSPS) is 21.3. The third-order valence-corrected chi connectivity index (χ3v) is 3.84. The van der Waals surface area contributed by atoms with Crippen molar-refractivity contribution in [2.45, 2.75) is 32.4 Å². The van der Waals surface area contributed by atoms with Crippen LogP contribution in [0.3, 0.4) is 0 Å². The van der Waals surface area contributed by atoms with Crippen LogP contribution in [0.25, 0.3) is 0 Å². The van der Waals surface area contributed by atoms with Gasteiger partial charge < -0.3 is 14.2 Å². The van der Waals surface area contributed by atoms with Crippen LogP contribution in [0, 0.1) is 13.8 Å². The summed E-state index contributed by atoms with van der Waals surface area (Å²) in [4.78, 5) is 22.9. The Bertz CT molecular complexity index is 668. The van der Waals surface area contributed by atoms with Crippen molar-refractivity contribution in [2.24, 2.45) is 0 Å². The van der Waals surface area contributed by atoms with E-state index in [2.05, 4.69) is 15.1 Å². The zero-order valence-corrected chi connectivity index (χ0v) is 12.8. The van der Waals surface area contributed by atoms with E-state index in [1.807, 2.05) is 13.0 Å². The van der Waals surface area contributed by atoms with Crippen molar-refractivity contribution >= 4 is 5.91 Å². The summed E-state index contributed by atoms with van der Waals surface area (Å²) >= 11 is 0. The van der Waals surface area contributed by atoms with Crippen molar-refractivity contribution in [3.63, 3.8) is 0 Å². The predicted molar refractivity (Wildman–Crippen MR) is 77.2 cm³/mol. The van der Waals surface area contributed by atoms with Crippen molar-refractivity contribution in [1.29, 1.82) is 0 Å². The maximum absolute atomic E-state index is 12.8. The summed E-state index contributed by atoms with van der Waals surface area (Å²) in [6.07, 6.45) is 2.19. The average molecular weight is 302 g/mol. The van der Waals surface area contributed by atoms with E-state index in [-0.39, 0.29) is 18.1 Å². The van der Waals surface area contributed by atoms with Crippen LogP contribution >= 0.6 is 0 Å². The number of aromatic nitrogens is 3. The van der Waals surface area contributed by atoms with Gasteiger partial charge in [0.1, 0.15) is 6.04 Å². The van der Waals surface area contributed by atoms with Gasteiger partial charge in [-0.25, -0.2) is 0 Å². The number of likely N-dealkylation sites (tertiary alicyclic amines) is 1. The Balaban J connectivity index is 1.88. The van der Waals surface area contributed by atoms with Crippen molar-refractivity contribution < 1.29 is 14.1 Å². The van der Waals surface area contributed by atoms with E-state index >= 15 is 0 Å². The molecule has 0 spiro atoms. The molecule has 7 heteroatoms. The number of hydrogen-bond donors (Lipinski definition) is 0. The molecule has 3 rings (SSSR count). The molecule has 2 atom stereocenters. The quantitative estimate of drug-likeness (QED) is 0.858. The first-order valence-electron chi connectivity index (χ1n) is 7.15. The molecule has 1 fully saturated rings. The number of carbonyl (C=O) groups is 1. The fourth-order valence-corrected chi connectivity index (χ4v) is 2.64. The molecule has 0 aromatic carbocycles. The van der Waals surface area contributed by atoms with Gasteiger partial charge in [-0.15, -0.1) is 0 Å². The first kappa shape index (κ1) is 14.6. The molecule has 2 aromatic rings. The summed E-state index contributed by atoms with van der Waals surface area (Å²) in [5.41, 5.74) is 1.42. The highest BCUT2D eigenvalue weighted by Gasteiger charge is 2.39. The minimum atomic E-state index is -0.264. The molecule has 1 aliphatic rings. The number of aryl methyl sites for hydroxylation is 2. The van der Waals surface area contributed by atoms with Gasteiger partial charge in [-0.05, 0) is 26.0 Å². The summed E-state index contributed by atoms with van der Waals surface area (Å²) in [5.74, 6) is 0.902. The number of nitrogens with zero attached hydrogens (tertiary/aromatic N) is 4. The van der Waals surface area contributed by atoms with Crippen molar-refractivity contribution in [2.75, 3.05) is 13.7 Å². The van der Waals surface area contributed by atoms with Crippen LogP contribution in [0.15, 0.2) is 22.9 Å². The molecule has 0 saturated carbocycles. The van der Waals surface area contributed by atoms with Crippen LogP contribution < -0.4 is 0 Å². The van der Waals surface area contributed by atoms with Gasteiger partial charge in [0.15, 0.2) is 5.82 Å². The van der Waals surface area contributed by atoms with Crippen LogP contribution in [-0.4, -0.2) is 45.7 Å². The average Bonchev–Trinajstić information content (AvgIpc) is 3.13. The lowest BCUT2D eigenvalue weighted by Crippen LogP contribution is -2.32. The van der Waals surface area contributed by atoms with E-state index in [0.29, 0.717) is 30.2 Å². The Hall–Kier alpha value is -2.28. The van der Waals surface area contributed by atoms with Gasteiger partial charge in [0.25, 0.3) is 5.91 Å². The second-order valence-corrected chi connectivity index (χ2v) is 5.43. The lowest BCUT2D eigenvalue weighted by atomic mass is 10.2. The number of ether oxygens (including phenoxy) is 1. The second-order valence-electron chi connectivity index (χ2n) is 5.43. The minimum absolute atomic E-state index is 0.0421. The third-order valence-electron chi connectivity index (χ3n) is 3.84. The molecule has 3 heterocycles. The highest BCUT2D eigenvalue weighted by atomic mass is 16.5. The summed E-state index contributed by atoms with van der Waals surface area (Å²) in [6.45, 7) is 4.14. The molecule has 0 unspecified atom stereocenters. The molecule has 0 N–H and O–H groups in total. The highest BCUT2D eigenvalue weighted by Crippen LogP contribution is 2.33. The Labute approximate surface area is 128 Å². The molecular formula is C15H18N4O3. The Morgan fingerprint density at radius 1 is 1.41 bits per heavy atom. The van der Waals surface area contributed by atoms with Gasteiger partial charge in [0, 0.05) is 32.0 Å². The monoisotopic (exact) mass is 302 g/mol. The van der Waals surface area contributed by atoms with Crippen LogP contribution in [0.5, 0.6) is 0 Å². The maximum Gasteiger partial charge on any atom is 0.256 e. The smallest absolute Gasteiger partial charge is 0.256 e. The number of hydrogen-bond acceptors (Lipinski definition) is 6. The molecule has 0 aliphatic carbocycles. The number of methoxy groups -OCH3 is 1. The third kappa shape index (κ3) is 2.71. The second kappa shape index (κ2) is 5.84. The van der Waals surface area contributed by atoms with Gasteiger partial charge in [-0.2, -0.15) is 4.98 Å². The number of amides is 1. The summed E-state index contributed by atoms with van der Waals surface area (Å²) in [7, 11) is 1.64. The first-order chi connectivity index (χ1) is 10.6. The van der Waals surface area contributed by atoms with Crippen LogP contribution in [0.1, 0.15) is 40.2 Å². The molecule has 1 amide bonds. The maximum atomic E-state index is 12.8. The molecule has 1 saturated heterocycles. The molecule has 116 valence electrons. The zero-order valence-electron chi connectivity index (χ0n) is 12.8. The molecule has 22 heavy (non-hydrogen) atoms. The number of pyridine rings is 1. The van der Waals surface area contributed by atoms with E-state index in [0.717, 1.165) is 5.69 Å². The largest absolute Gasteiger partial charge is 0.380 e. The van der Waals surface area contributed by atoms with Crippen molar-refractivity contribution in [1.82, 2.24) is 20.0 Å². The number of rotatable bonds is 3. The first-order valence-corrected chi connectivity index (χ1v) is 7.15. The summed E-state index contributed by atoms with van der Waals surface area (Å²) < 4.78 is 10.7. The van der Waals surface area contributed by atoms with Crippen LogP contribution in [0.2, 0.25) is 0 Å². The van der Waals surface area contributed by atoms with Crippen molar-refractivity contribution in [3.8, 4) is 0 Å². The number of carbonyl (C=O) groups excluding carboxylic acids is 1. The summed E-state index contributed by atoms with van der Waals surface area (Å²) in [5, 5.41) is 3.81. The van der Waals surface area contributed by atoms with E-state index in [9.17, 15) is 4.79 Å². The molecule has 7 nitrogen and oxygen atoms in total. The van der Waals surface area contributed by atoms with Gasteiger partial charge in [0.2, 0.25) is 5.89 Å². The van der Waals surface area contributed by atoms with Gasteiger partial charge in [-0.1, -0.05) is 5.16 Å². The summed E-state index contributed by atoms with van der Waals surface area (Å²) in [6, 6.07) is 3.34. The molecule has 2 aromatic heterocycles. The fraction of sp³-hybridized carbons (Fsp3) is 0.467.